The van der Waals surface area contributed by atoms with Crippen molar-refractivity contribution in [1.29, 1.82) is 0 Å². The second-order valence-electron chi connectivity index (χ2n) is 9.62. The van der Waals surface area contributed by atoms with Gasteiger partial charge in [-0.15, -0.1) is 0 Å². The maximum absolute atomic E-state index is 10.9. The third-order valence-electron chi connectivity index (χ3n) is 7.18. The molecule has 0 heterocycles. The van der Waals surface area contributed by atoms with Crippen LogP contribution in [-0.2, 0) is 13.2 Å². The second kappa shape index (κ2) is 7.46. The maximum atomic E-state index is 10.9. The second-order valence-corrected chi connectivity index (χ2v) is 10.5. The zero-order valence-electron chi connectivity index (χ0n) is 16.5. The van der Waals surface area contributed by atoms with E-state index in [1.54, 1.807) is 6.07 Å². The fraction of sp³-hybridized carbons (Fsp3) is 0.500. The monoisotopic (exact) mass is 432 g/mol. The summed E-state index contributed by atoms with van der Waals surface area (Å²) in [4.78, 5) is 0. The van der Waals surface area contributed by atoms with Gasteiger partial charge in [-0.05, 0) is 67.5 Å². The van der Waals surface area contributed by atoms with E-state index < -0.39 is 0 Å². The Hall–Kier alpha value is -1.26. The lowest BCUT2D eigenvalue weighted by Gasteiger charge is -2.58. The van der Waals surface area contributed by atoms with Gasteiger partial charge in [-0.3, -0.25) is 0 Å². The molecule has 6 rings (SSSR count). The summed E-state index contributed by atoms with van der Waals surface area (Å²) in [6, 6.07) is 13.8. The average Bonchev–Trinajstić information content (AvgIpc) is 2.65. The van der Waals surface area contributed by atoms with Crippen LogP contribution in [0.15, 0.2) is 42.5 Å². The number of halogens is 2. The Bertz CT molecular complexity index is 884. The number of benzene rings is 2. The number of ether oxygens (including phenoxy) is 1. The first kappa shape index (κ1) is 19.7. The van der Waals surface area contributed by atoms with Crippen molar-refractivity contribution in [2.24, 2.45) is 11.8 Å². The highest BCUT2D eigenvalue weighted by Crippen LogP contribution is 2.56. The van der Waals surface area contributed by atoms with Crippen LogP contribution in [0.25, 0.3) is 0 Å². The van der Waals surface area contributed by atoms with Crippen molar-refractivity contribution in [2.45, 2.75) is 62.8 Å². The molecule has 2 aromatic carbocycles. The van der Waals surface area contributed by atoms with Crippen LogP contribution in [0.5, 0.6) is 5.75 Å². The predicted octanol–water partition coefficient (Wildman–Crippen LogP) is 4.72. The Morgan fingerprint density at radius 3 is 2.38 bits per heavy atom. The molecule has 2 aromatic rings. The van der Waals surface area contributed by atoms with E-state index in [0.717, 1.165) is 49.0 Å². The van der Waals surface area contributed by atoms with Crippen molar-refractivity contribution in [1.82, 2.24) is 0 Å². The summed E-state index contributed by atoms with van der Waals surface area (Å²) in [5.74, 6) is 2.30. The molecule has 4 bridgehead atoms. The first-order chi connectivity index (χ1) is 13.9. The molecule has 3 nitrogen and oxygen atoms in total. The van der Waals surface area contributed by atoms with Gasteiger partial charge in [0.05, 0.1) is 11.1 Å². The largest absolute Gasteiger partial charge is 0.489 e. The van der Waals surface area contributed by atoms with Gasteiger partial charge in [-0.1, -0.05) is 29.3 Å². The highest BCUT2D eigenvalue weighted by Gasteiger charge is 2.59. The molecule has 0 spiro atoms. The molecule has 4 aliphatic rings. The van der Waals surface area contributed by atoms with E-state index in [1.807, 2.05) is 24.3 Å². The van der Waals surface area contributed by atoms with E-state index in [0.29, 0.717) is 16.7 Å². The molecule has 5 heteroatoms. The third kappa shape index (κ3) is 4.16. The Morgan fingerprint density at radius 1 is 1.00 bits per heavy atom. The highest BCUT2D eigenvalue weighted by atomic mass is 35.5. The molecular weight excluding hydrogens is 405 g/mol. The molecule has 4 fully saturated rings. The molecule has 4 aliphatic carbocycles. The maximum Gasteiger partial charge on any atom is 0.119 e. The van der Waals surface area contributed by atoms with E-state index in [4.69, 9.17) is 27.9 Å². The van der Waals surface area contributed by atoms with Gasteiger partial charge in [0.1, 0.15) is 18.9 Å². The number of hydrogen-bond donors (Lipinski definition) is 2. The van der Waals surface area contributed by atoms with Gasteiger partial charge in [0.15, 0.2) is 0 Å². The minimum Gasteiger partial charge on any atom is -0.489 e. The molecule has 0 aliphatic heterocycles. The van der Waals surface area contributed by atoms with E-state index >= 15 is 0 Å². The van der Waals surface area contributed by atoms with Gasteiger partial charge in [-0.25, -0.2) is 0 Å². The van der Waals surface area contributed by atoms with Crippen LogP contribution in [0.1, 0.15) is 49.7 Å². The Labute approximate surface area is 182 Å². The lowest BCUT2D eigenvalue weighted by Crippen LogP contribution is -2.98. The fourth-order valence-electron chi connectivity index (χ4n) is 6.38. The van der Waals surface area contributed by atoms with E-state index in [2.05, 4.69) is 17.4 Å². The summed E-state index contributed by atoms with van der Waals surface area (Å²) in [6.45, 7) is 1.38. The van der Waals surface area contributed by atoms with E-state index in [9.17, 15) is 5.11 Å². The molecule has 3 N–H and O–H groups in total. The van der Waals surface area contributed by atoms with Crippen LogP contribution < -0.4 is 10.1 Å². The number of hydrogen-bond acceptors (Lipinski definition) is 2. The molecule has 0 radical (unpaired) electrons. The summed E-state index contributed by atoms with van der Waals surface area (Å²) in [6.07, 6.45) is 6.91. The Morgan fingerprint density at radius 2 is 1.72 bits per heavy atom. The summed E-state index contributed by atoms with van der Waals surface area (Å²) in [5.41, 5.74) is 2.08. The van der Waals surface area contributed by atoms with Gasteiger partial charge in [0.25, 0.3) is 0 Å². The molecule has 0 saturated heterocycles. The van der Waals surface area contributed by atoms with Gasteiger partial charge in [0.2, 0.25) is 0 Å². The molecule has 4 saturated carbocycles. The number of quaternary nitrogens is 1. The quantitative estimate of drug-likeness (QED) is 0.693. The highest BCUT2D eigenvalue weighted by molar-refractivity contribution is 6.35. The van der Waals surface area contributed by atoms with Gasteiger partial charge < -0.3 is 15.2 Å². The first-order valence-electron chi connectivity index (χ1n) is 10.6. The van der Waals surface area contributed by atoms with Crippen molar-refractivity contribution < 1.29 is 15.2 Å². The van der Waals surface area contributed by atoms with Crippen molar-refractivity contribution in [3.05, 3.63) is 63.6 Å². The minimum atomic E-state index is -0.388. The topological polar surface area (TPSA) is 46.1 Å². The summed E-state index contributed by atoms with van der Waals surface area (Å²) < 4.78 is 5.89. The molecular formula is C24H28Cl2NO2+. The number of rotatable bonds is 6. The van der Waals surface area contributed by atoms with E-state index in [1.165, 1.54) is 24.8 Å². The summed E-state index contributed by atoms with van der Waals surface area (Å²) >= 11 is 12.2. The number of nitrogens with two attached hydrogens (primary N) is 1. The fourth-order valence-corrected chi connectivity index (χ4v) is 6.84. The van der Waals surface area contributed by atoms with Crippen molar-refractivity contribution >= 4 is 23.2 Å². The zero-order chi connectivity index (χ0) is 20.1. The van der Waals surface area contributed by atoms with Crippen LogP contribution in [-0.4, -0.2) is 16.2 Å². The first-order valence-corrected chi connectivity index (χ1v) is 11.4. The SMILES string of the molecule is OC12CC3CC(C1)CC([NH2+]Cc1ccc(OCc4ccc(Cl)cc4Cl)cc1)(C3)C2. The Balaban J connectivity index is 1.18. The molecule has 2 atom stereocenters. The van der Waals surface area contributed by atoms with Crippen LogP contribution in [0, 0.1) is 11.8 Å². The average molecular weight is 433 g/mol. The van der Waals surface area contributed by atoms with Crippen molar-refractivity contribution in [3.63, 3.8) is 0 Å². The molecule has 0 aromatic heterocycles. The van der Waals surface area contributed by atoms with Crippen molar-refractivity contribution in [2.75, 3.05) is 0 Å². The minimum absolute atomic E-state index is 0.249. The third-order valence-corrected chi connectivity index (χ3v) is 7.77. The molecule has 29 heavy (non-hydrogen) atoms. The molecule has 2 unspecified atom stereocenters. The summed E-state index contributed by atoms with van der Waals surface area (Å²) in [7, 11) is 0. The van der Waals surface area contributed by atoms with Crippen LogP contribution in [0.4, 0.5) is 0 Å². The van der Waals surface area contributed by atoms with Gasteiger partial charge in [0, 0.05) is 40.4 Å². The lowest BCUT2D eigenvalue weighted by atomic mass is 9.51. The Kier molecular flexibility index (Phi) is 5.06. The normalized spacial score (nSPS) is 32.5. The van der Waals surface area contributed by atoms with E-state index in [-0.39, 0.29) is 11.1 Å². The molecule has 0 amide bonds. The zero-order valence-corrected chi connectivity index (χ0v) is 18.1. The predicted molar refractivity (Wildman–Crippen MR) is 115 cm³/mol. The molecule has 154 valence electrons. The van der Waals surface area contributed by atoms with Crippen LogP contribution in [0.3, 0.4) is 0 Å². The standard InChI is InChI=1S/C24H27Cl2NO2/c25-20-4-3-19(22(26)8-20)14-29-21-5-1-16(2-6-21)13-27-23-9-17-7-18(10-23)12-24(28,11-17)15-23/h1-6,8,17-18,27-28H,7,9-15H2/p+1. The van der Waals surface area contributed by atoms with Crippen molar-refractivity contribution in [3.8, 4) is 5.75 Å². The van der Waals surface area contributed by atoms with Crippen LogP contribution in [0.2, 0.25) is 10.0 Å². The smallest absolute Gasteiger partial charge is 0.119 e. The number of aliphatic hydroxyl groups is 1. The van der Waals surface area contributed by atoms with Crippen LogP contribution >= 0.6 is 23.2 Å². The van der Waals surface area contributed by atoms with Gasteiger partial charge >= 0.3 is 0 Å². The summed E-state index contributed by atoms with van der Waals surface area (Å²) in [5, 5.41) is 14.7. The lowest BCUT2D eigenvalue weighted by molar-refractivity contribution is -0.754. The van der Waals surface area contributed by atoms with Gasteiger partial charge in [-0.2, -0.15) is 0 Å².